The standard InChI is InChI=1S/C31H31N3O8/c1-40-20-7-6-18-9-23(31(39)32-24(18)10-20)22(12-28(37)41-2)30-29(38)26(35)11-21(42-30)16-33-13-17-8-19(15-33)25-4-3-5-27(36)34(25)14-17/h3-7,9-11,17,19,22,38H,8,12-16H2,1-2H3,(H,32,39)/t17-,19+,22-/m1/s1. The van der Waals surface area contributed by atoms with Gasteiger partial charge < -0.3 is 28.5 Å². The molecule has 3 atom stereocenters. The molecule has 2 N–H and O–H groups in total. The van der Waals surface area contributed by atoms with E-state index in [1.54, 1.807) is 36.4 Å². The first-order chi connectivity index (χ1) is 20.2. The number of likely N-dealkylation sites (tertiary alicyclic amines) is 1. The largest absolute Gasteiger partial charge is 0.502 e. The van der Waals surface area contributed by atoms with Gasteiger partial charge in [-0.25, -0.2) is 0 Å². The van der Waals surface area contributed by atoms with Crippen molar-refractivity contribution in [2.75, 3.05) is 27.3 Å². The Kier molecular flexibility index (Phi) is 7.19. The van der Waals surface area contributed by atoms with Crippen molar-refractivity contribution in [1.29, 1.82) is 0 Å². The Bertz CT molecular complexity index is 1860. The van der Waals surface area contributed by atoms with Gasteiger partial charge >= 0.3 is 5.97 Å². The number of aromatic hydroxyl groups is 1. The number of hydrogen-bond acceptors (Lipinski definition) is 9. The Morgan fingerprint density at radius 2 is 1.93 bits per heavy atom. The van der Waals surface area contributed by atoms with Crippen LogP contribution >= 0.6 is 0 Å². The highest BCUT2D eigenvalue weighted by molar-refractivity contribution is 5.81. The molecule has 0 unspecified atom stereocenters. The second kappa shape index (κ2) is 11.0. The van der Waals surface area contributed by atoms with Gasteiger partial charge in [-0.3, -0.25) is 24.1 Å². The molecule has 1 aromatic carbocycles. The van der Waals surface area contributed by atoms with Crippen LogP contribution in [0.1, 0.15) is 47.5 Å². The van der Waals surface area contributed by atoms with Crippen LogP contribution in [0.5, 0.6) is 11.5 Å². The number of aromatic nitrogens is 2. The predicted octanol–water partition coefficient (Wildman–Crippen LogP) is 2.67. The fourth-order valence-corrected chi connectivity index (χ4v) is 6.39. The average molecular weight is 574 g/mol. The van der Waals surface area contributed by atoms with Gasteiger partial charge in [-0.1, -0.05) is 6.07 Å². The summed E-state index contributed by atoms with van der Waals surface area (Å²) in [7, 11) is 2.75. The smallest absolute Gasteiger partial charge is 0.306 e. The Hall–Kier alpha value is -4.64. The first-order valence-electron chi connectivity index (χ1n) is 13.8. The zero-order valence-corrected chi connectivity index (χ0v) is 23.3. The molecule has 218 valence electrons. The van der Waals surface area contributed by atoms with Crippen LogP contribution in [0, 0.1) is 5.92 Å². The summed E-state index contributed by atoms with van der Waals surface area (Å²) >= 11 is 0. The van der Waals surface area contributed by atoms with Crippen molar-refractivity contribution in [2.45, 2.75) is 37.8 Å². The van der Waals surface area contributed by atoms with E-state index in [0.717, 1.165) is 12.1 Å². The van der Waals surface area contributed by atoms with Gasteiger partial charge in [0.1, 0.15) is 11.5 Å². The molecule has 3 aromatic heterocycles. The number of aromatic amines is 1. The van der Waals surface area contributed by atoms with E-state index >= 15 is 0 Å². The summed E-state index contributed by atoms with van der Waals surface area (Å²) in [5.41, 5.74) is 0.501. The van der Waals surface area contributed by atoms with E-state index in [0.29, 0.717) is 42.0 Å². The van der Waals surface area contributed by atoms with Crippen molar-refractivity contribution in [3.63, 3.8) is 0 Å². The first kappa shape index (κ1) is 27.5. The quantitative estimate of drug-likeness (QED) is 0.319. The van der Waals surface area contributed by atoms with Gasteiger partial charge in [-0.15, -0.1) is 0 Å². The second-order valence-electron chi connectivity index (χ2n) is 11.0. The molecule has 1 fully saturated rings. The Morgan fingerprint density at radius 1 is 1.10 bits per heavy atom. The van der Waals surface area contributed by atoms with Crippen LogP contribution in [0.4, 0.5) is 0 Å². The molecule has 2 bridgehead atoms. The maximum absolute atomic E-state index is 13.3. The van der Waals surface area contributed by atoms with Crippen molar-refractivity contribution < 1.29 is 23.8 Å². The molecule has 42 heavy (non-hydrogen) atoms. The number of methoxy groups -OCH3 is 2. The van der Waals surface area contributed by atoms with Crippen molar-refractivity contribution in [3.8, 4) is 11.5 Å². The third-order valence-corrected chi connectivity index (χ3v) is 8.31. The highest BCUT2D eigenvalue weighted by Crippen LogP contribution is 2.37. The number of esters is 1. The number of benzene rings is 1. The van der Waals surface area contributed by atoms with E-state index < -0.39 is 28.6 Å². The van der Waals surface area contributed by atoms with E-state index in [2.05, 4.69) is 9.88 Å². The van der Waals surface area contributed by atoms with Crippen LogP contribution in [-0.4, -0.2) is 52.8 Å². The predicted molar refractivity (Wildman–Crippen MR) is 153 cm³/mol. The number of pyridine rings is 2. The molecule has 0 saturated carbocycles. The van der Waals surface area contributed by atoms with Crippen molar-refractivity contribution >= 4 is 16.9 Å². The van der Waals surface area contributed by atoms with Gasteiger partial charge in [0.2, 0.25) is 11.2 Å². The van der Waals surface area contributed by atoms with Crippen LogP contribution in [0.2, 0.25) is 0 Å². The molecule has 0 spiro atoms. The molecule has 6 rings (SSSR count). The van der Waals surface area contributed by atoms with Gasteiger partial charge in [0.15, 0.2) is 5.76 Å². The number of carbonyl (C=O) groups is 1. The van der Waals surface area contributed by atoms with E-state index in [1.165, 1.54) is 20.3 Å². The number of carbonyl (C=O) groups excluding carboxylic acids is 1. The highest BCUT2D eigenvalue weighted by atomic mass is 16.5. The zero-order chi connectivity index (χ0) is 29.5. The monoisotopic (exact) mass is 573 g/mol. The normalized spacial score (nSPS) is 18.8. The lowest BCUT2D eigenvalue weighted by atomic mass is 9.83. The number of nitrogens with one attached hydrogen (secondary N) is 1. The molecule has 1 saturated heterocycles. The van der Waals surface area contributed by atoms with Crippen molar-refractivity contribution in [2.24, 2.45) is 5.92 Å². The number of piperidine rings is 1. The molecule has 11 nitrogen and oxygen atoms in total. The second-order valence-corrected chi connectivity index (χ2v) is 11.0. The lowest BCUT2D eigenvalue weighted by Gasteiger charge is -2.42. The maximum Gasteiger partial charge on any atom is 0.306 e. The molecule has 4 aromatic rings. The fraction of sp³-hybridized carbons (Fsp3) is 0.355. The molecule has 11 heteroatoms. The SMILES string of the molecule is COC(=O)C[C@@H](c1oc(CN2C[C@H]3C[C@@H](C2)c2cccc(=O)n2C3)cc(=O)c1O)c1cc2ccc(OC)cc2[nH]c1=O. The van der Waals surface area contributed by atoms with Gasteiger partial charge in [0.25, 0.3) is 11.1 Å². The van der Waals surface area contributed by atoms with Gasteiger partial charge in [0.05, 0.1) is 38.6 Å². The van der Waals surface area contributed by atoms with Crippen LogP contribution in [-0.2, 0) is 22.6 Å². The third-order valence-electron chi connectivity index (χ3n) is 8.31. The van der Waals surface area contributed by atoms with E-state index in [4.69, 9.17) is 13.9 Å². The molecule has 0 amide bonds. The summed E-state index contributed by atoms with van der Waals surface area (Å²) < 4.78 is 18.1. The summed E-state index contributed by atoms with van der Waals surface area (Å²) in [6, 6.07) is 13.4. The van der Waals surface area contributed by atoms with E-state index in [-0.39, 0.29) is 41.7 Å². The van der Waals surface area contributed by atoms with Gasteiger partial charge in [-0.05, 0) is 42.0 Å². The number of nitrogens with zero attached hydrogens (tertiary/aromatic N) is 2. The van der Waals surface area contributed by atoms with Crippen LogP contribution in [0.3, 0.4) is 0 Å². The molecule has 2 aliphatic heterocycles. The van der Waals surface area contributed by atoms with Crippen LogP contribution in [0.15, 0.2) is 67.3 Å². The molecular weight excluding hydrogens is 542 g/mol. The van der Waals surface area contributed by atoms with E-state index in [1.807, 2.05) is 10.6 Å². The van der Waals surface area contributed by atoms with Crippen molar-refractivity contribution in [3.05, 3.63) is 102 Å². The third kappa shape index (κ3) is 5.11. The number of rotatable bonds is 7. The topological polar surface area (TPSA) is 144 Å². The fourth-order valence-electron chi connectivity index (χ4n) is 6.39. The van der Waals surface area contributed by atoms with Gasteiger partial charge in [-0.2, -0.15) is 0 Å². The summed E-state index contributed by atoms with van der Waals surface area (Å²) in [6.07, 6.45) is 0.642. The minimum absolute atomic E-state index is 0.00397. The van der Waals surface area contributed by atoms with Gasteiger partial charge in [0, 0.05) is 55.0 Å². The number of hydrogen-bond donors (Lipinski definition) is 2. The number of H-pyrrole nitrogens is 1. The number of ether oxygens (including phenoxy) is 2. The highest BCUT2D eigenvalue weighted by Gasteiger charge is 2.35. The molecule has 0 aliphatic carbocycles. The minimum Gasteiger partial charge on any atom is -0.502 e. The Morgan fingerprint density at radius 3 is 2.71 bits per heavy atom. The zero-order valence-electron chi connectivity index (χ0n) is 23.3. The summed E-state index contributed by atoms with van der Waals surface area (Å²) in [6.45, 7) is 2.28. The van der Waals surface area contributed by atoms with Crippen LogP contribution < -0.4 is 21.3 Å². The molecule has 0 radical (unpaired) electrons. The Labute approximate surface area is 239 Å². The Balaban J connectivity index is 1.36. The van der Waals surface area contributed by atoms with Crippen molar-refractivity contribution in [1.82, 2.24) is 14.5 Å². The number of fused-ring (bicyclic) bond motifs is 5. The summed E-state index contributed by atoms with van der Waals surface area (Å²) in [5.74, 6) is -1.26. The lowest BCUT2D eigenvalue weighted by molar-refractivity contribution is -0.140. The molecular formula is C31H31N3O8. The lowest BCUT2D eigenvalue weighted by Crippen LogP contribution is -2.46. The minimum atomic E-state index is -1.08. The molecule has 2 aliphatic rings. The summed E-state index contributed by atoms with van der Waals surface area (Å²) in [4.78, 5) is 56.1. The summed E-state index contributed by atoms with van der Waals surface area (Å²) in [5, 5.41) is 11.5. The molecule has 5 heterocycles. The maximum atomic E-state index is 13.3. The first-order valence-corrected chi connectivity index (χ1v) is 13.8. The van der Waals surface area contributed by atoms with Crippen LogP contribution in [0.25, 0.3) is 10.9 Å². The van der Waals surface area contributed by atoms with E-state index in [9.17, 15) is 24.3 Å². The average Bonchev–Trinajstić information content (AvgIpc) is 2.97.